The molecule has 0 saturated heterocycles. The number of hydrogen-bond acceptors (Lipinski definition) is 5. The van der Waals surface area contributed by atoms with Gasteiger partial charge in [0.2, 0.25) is 0 Å². The second-order valence-corrected chi connectivity index (χ2v) is 8.45. The first-order valence-corrected chi connectivity index (χ1v) is 11.4. The molecule has 0 radical (unpaired) electrons. The van der Waals surface area contributed by atoms with Crippen molar-refractivity contribution < 1.29 is 14.3 Å². The highest BCUT2D eigenvalue weighted by atomic mass is 32.1. The maximum Gasteiger partial charge on any atom is 0.257 e. The summed E-state index contributed by atoms with van der Waals surface area (Å²) >= 11 is 1.37. The number of para-hydroxylation sites is 2. The number of anilines is 1. The van der Waals surface area contributed by atoms with Crippen molar-refractivity contribution in [2.45, 2.75) is 6.61 Å². The van der Waals surface area contributed by atoms with Crippen LogP contribution in [0, 0.1) is 0 Å². The van der Waals surface area contributed by atoms with Crippen LogP contribution in [-0.2, 0) is 6.61 Å². The number of nitrogens with two attached hydrogens (primary N) is 1. The molecule has 2 aromatic heterocycles. The van der Waals surface area contributed by atoms with Crippen molar-refractivity contribution in [3.63, 3.8) is 0 Å². The number of nitrogens with zero attached hydrogens (tertiary/aromatic N) is 1. The average Bonchev–Trinajstić information content (AvgIpc) is 3.50. The van der Waals surface area contributed by atoms with Crippen molar-refractivity contribution in [3.8, 4) is 17.0 Å². The zero-order valence-corrected chi connectivity index (χ0v) is 18.8. The summed E-state index contributed by atoms with van der Waals surface area (Å²) in [5, 5.41) is 6.39. The Kier molecular flexibility index (Phi) is 5.80. The predicted octanol–water partition coefficient (Wildman–Crippen LogP) is 5.22. The predicted molar refractivity (Wildman–Crippen MR) is 133 cm³/mol. The summed E-state index contributed by atoms with van der Waals surface area (Å²) < 4.78 is 5.77. The first-order chi connectivity index (χ1) is 16.6. The molecule has 0 atom stereocenters. The number of primary amides is 1. The SMILES string of the molecule is NC(=O)c1ccccc1OCc1cccc(C(=O)Nc2nc(-c3c[nH]c4ccccc34)cs2)c1. The third kappa shape index (κ3) is 4.39. The summed E-state index contributed by atoms with van der Waals surface area (Å²) in [4.78, 5) is 32.2. The highest BCUT2D eigenvalue weighted by Crippen LogP contribution is 2.31. The van der Waals surface area contributed by atoms with Gasteiger partial charge in [0.05, 0.1) is 11.3 Å². The number of nitrogens with one attached hydrogen (secondary N) is 2. The van der Waals surface area contributed by atoms with Gasteiger partial charge in [-0.2, -0.15) is 0 Å². The van der Waals surface area contributed by atoms with Crippen LogP contribution in [0.5, 0.6) is 5.75 Å². The summed E-state index contributed by atoms with van der Waals surface area (Å²) in [6, 6.07) is 21.9. The lowest BCUT2D eigenvalue weighted by Crippen LogP contribution is -2.13. The van der Waals surface area contributed by atoms with Crippen LogP contribution in [0.15, 0.2) is 84.4 Å². The van der Waals surface area contributed by atoms with Gasteiger partial charge >= 0.3 is 0 Å². The van der Waals surface area contributed by atoms with Crippen LogP contribution in [0.3, 0.4) is 0 Å². The maximum absolute atomic E-state index is 12.8. The van der Waals surface area contributed by atoms with Crippen LogP contribution in [0.25, 0.3) is 22.2 Å². The van der Waals surface area contributed by atoms with Crippen molar-refractivity contribution in [1.82, 2.24) is 9.97 Å². The molecule has 0 bridgehead atoms. The second-order valence-electron chi connectivity index (χ2n) is 7.59. The Bertz CT molecular complexity index is 1500. The van der Waals surface area contributed by atoms with E-state index in [4.69, 9.17) is 10.5 Å². The van der Waals surface area contributed by atoms with E-state index < -0.39 is 5.91 Å². The standard InChI is InChI=1S/C26H20N4O3S/c27-24(31)19-9-2-4-11-23(19)33-14-16-6-5-7-17(12-16)25(32)30-26-29-22(15-34-26)20-13-28-21-10-3-1-8-18(20)21/h1-13,15,28H,14H2,(H2,27,31)(H,29,30,32). The molecule has 0 spiro atoms. The van der Waals surface area contributed by atoms with Gasteiger partial charge in [0.15, 0.2) is 5.13 Å². The topological polar surface area (TPSA) is 110 Å². The summed E-state index contributed by atoms with van der Waals surface area (Å²) in [5.41, 5.74) is 9.80. The van der Waals surface area contributed by atoms with Gasteiger partial charge in [0, 0.05) is 33.6 Å². The number of benzene rings is 3. The molecule has 0 aliphatic heterocycles. The van der Waals surface area contributed by atoms with Gasteiger partial charge in [0.1, 0.15) is 12.4 Å². The molecule has 5 aromatic rings. The van der Waals surface area contributed by atoms with E-state index in [0.29, 0.717) is 22.0 Å². The Morgan fingerprint density at radius 3 is 2.74 bits per heavy atom. The molecule has 2 heterocycles. The van der Waals surface area contributed by atoms with Crippen LogP contribution < -0.4 is 15.8 Å². The van der Waals surface area contributed by atoms with Gasteiger partial charge in [-0.15, -0.1) is 11.3 Å². The summed E-state index contributed by atoms with van der Waals surface area (Å²) in [6.07, 6.45) is 1.92. The molecule has 0 aliphatic rings. The number of aromatic amines is 1. The monoisotopic (exact) mass is 468 g/mol. The Morgan fingerprint density at radius 1 is 1.03 bits per heavy atom. The van der Waals surface area contributed by atoms with Gasteiger partial charge in [-0.1, -0.05) is 42.5 Å². The van der Waals surface area contributed by atoms with Crippen molar-refractivity contribution in [1.29, 1.82) is 0 Å². The number of thiazole rings is 1. The van der Waals surface area contributed by atoms with E-state index in [1.165, 1.54) is 11.3 Å². The Hall–Kier alpha value is -4.43. The minimum absolute atomic E-state index is 0.188. The lowest BCUT2D eigenvalue weighted by atomic mass is 10.1. The molecule has 34 heavy (non-hydrogen) atoms. The number of fused-ring (bicyclic) bond motifs is 1. The van der Waals surface area contributed by atoms with E-state index in [2.05, 4.69) is 15.3 Å². The molecule has 7 nitrogen and oxygen atoms in total. The van der Waals surface area contributed by atoms with Crippen LogP contribution in [-0.4, -0.2) is 21.8 Å². The molecule has 0 unspecified atom stereocenters. The summed E-state index contributed by atoms with van der Waals surface area (Å²) in [7, 11) is 0. The number of carbonyl (C=O) groups excluding carboxylic acids is 2. The smallest absolute Gasteiger partial charge is 0.257 e. The molecule has 0 saturated carbocycles. The Morgan fingerprint density at radius 2 is 1.85 bits per heavy atom. The molecule has 5 rings (SSSR count). The largest absolute Gasteiger partial charge is 0.488 e. The van der Waals surface area contributed by atoms with Crippen LogP contribution in [0.1, 0.15) is 26.3 Å². The lowest BCUT2D eigenvalue weighted by molar-refractivity contribution is 0.0994. The Balaban J connectivity index is 1.28. The minimum atomic E-state index is -0.556. The van der Waals surface area contributed by atoms with Gasteiger partial charge in [-0.25, -0.2) is 4.98 Å². The van der Waals surface area contributed by atoms with Crippen LogP contribution in [0.4, 0.5) is 5.13 Å². The van der Waals surface area contributed by atoms with Gasteiger partial charge in [0.25, 0.3) is 11.8 Å². The third-order valence-electron chi connectivity index (χ3n) is 5.33. The zero-order valence-electron chi connectivity index (χ0n) is 17.9. The molecular weight excluding hydrogens is 448 g/mol. The van der Waals surface area contributed by atoms with Gasteiger partial charge < -0.3 is 15.5 Å². The minimum Gasteiger partial charge on any atom is -0.488 e. The van der Waals surface area contributed by atoms with Crippen molar-refractivity contribution in [2.75, 3.05) is 5.32 Å². The maximum atomic E-state index is 12.8. The van der Waals surface area contributed by atoms with E-state index in [1.807, 2.05) is 41.9 Å². The fourth-order valence-corrected chi connectivity index (χ4v) is 4.37. The number of rotatable bonds is 7. The molecule has 0 aliphatic carbocycles. The van der Waals surface area contributed by atoms with Gasteiger partial charge in [-0.3, -0.25) is 14.9 Å². The van der Waals surface area contributed by atoms with Crippen molar-refractivity contribution >= 4 is 39.2 Å². The highest BCUT2D eigenvalue weighted by Gasteiger charge is 2.14. The van der Waals surface area contributed by atoms with Crippen LogP contribution in [0.2, 0.25) is 0 Å². The Labute approximate surface area is 199 Å². The molecular formula is C26H20N4O3S. The van der Waals surface area contributed by atoms with E-state index in [0.717, 1.165) is 27.7 Å². The molecule has 0 fully saturated rings. The molecule has 8 heteroatoms. The van der Waals surface area contributed by atoms with E-state index in [1.54, 1.807) is 42.5 Å². The highest BCUT2D eigenvalue weighted by molar-refractivity contribution is 7.14. The number of carbonyl (C=O) groups is 2. The number of ether oxygens (including phenoxy) is 1. The van der Waals surface area contributed by atoms with E-state index in [9.17, 15) is 9.59 Å². The lowest BCUT2D eigenvalue weighted by Gasteiger charge is -2.10. The molecule has 2 amide bonds. The van der Waals surface area contributed by atoms with Crippen molar-refractivity contribution in [3.05, 3.63) is 101 Å². The fraction of sp³-hybridized carbons (Fsp3) is 0.0385. The third-order valence-corrected chi connectivity index (χ3v) is 6.08. The fourth-order valence-electron chi connectivity index (χ4n) is 3.67. The molecule has 4 N–H and O–H groups in total. The van der Waals surface area contributed by atoms with E-state index in [-0.39, 0.29) is 12.5 Å². The zero-order chi connectivity index (χ0) is 23.5. The first-order valence-electron chi connectivity index (χ1n) is 10.5. The average molecular weight is 469 g/mol. The van der Waals surface area contributed by atoms with E-state index >= 15 is 0 Å². The van der Waals surface area contributed by atoms with Crippen LogP contribution >= 0.6 is 11.3 Å². The number of amides is 2. The van der Waals surface area contributed by atoms with Crippen molar-refractivity contribution in [2.24, 2.45) is 5.73 Å². The number of H-pyrrole nitrogens is 1. The summed E-state index contributed by atoms with van der Waals surface area (Å²) in [5.74, 6) is -0.421. The summed E-state index contributed by atoms with van der Waals surface area (Å²) in [6.45, 7) is 0.188. The normalized spacial score (nSPS) is 10.8. The van der Waals surface area contributed by atoms with Gasteiger partial charge in [-0.05, 0) is 35.9 Å². The number of aromatic nitrogens is 2. The quantitative estimate of drug-likeness (QED) is 0.304. The second kappa shape index (κ2) is 9.21. The molecule has 3 aromatic carbocycles. The number of hydrogen-bond donors (Lipinski definition) is 3. The first kappa shape index (κ1) is 21.4. The molecule has 168 valence electrons.